The molecular weight excluding hydrogens is 214 g/mol. The second-order valence-corrected chi connectivity index (χ2v) is 6.63. The summed E-state index contributed by atoms with van der Waals surface area (Å²) in [6.07, 6.45) is 8.09. The second kappa shape index (κ2) is 4.60. The van der Waals surface area contributed by atoms with Gasteiger partial charge >= 0.3 is 5.97 Å². The van der Waals surface area contributed by atoms with E-state index in [9.17, 15) is 4.79 Å². The van der Waals surface area contributed by atoms with Crippen LogP contribution in [0, 0.1) is 5.41 Å². The van der Waals surface area contributed by atoms with Crippen molar-refractivity contribution in [2.75, 3.05) is 0 Å². The van der Waals surface area contributed by atoms with Gasteiger partial charge in [-0.15, -0.1) is 0 Å². The highest BCUT2D eigenvalue weighted by atomic mass is 16.5. The van der Waals surface area contributed by atoms with E-state index in [2.05, 4.69) is 13.8 Å². The monoisotopic (exact) mass is 239 g/mol. The van der Waals surface area contributed by atoms with Crippen molar-refractivity contribution in [1.29, 1.82) is 0 Å². The molecule has 0 aromatic rings. The zero-order chi connectivity index (χ0) is 12.5. The van der Waals surface area contributed by atoms with Crippen LogP contribution in [-0.4, -0.2) is 17.6 Å². The molecule has 0 saturated heterocycles. The Bertz CT molecular complexity index is 283. The van der Waals surface area contributed by atoms with Gasteiger partial charge in [-0.05, 0) is 43.9 Å². The predicted octanol–water partition coefficient (Wildman–Crippen LogP) is 2.77. The molecule has 0 atom stereocenters. The van der Waals surface area contributed by atoms with E-state index in [4.69, 9.17) is 10.5 Å². The molecule has 0 unspecified atom stereocenters. The van der Waals surface area contributed by atoms with Crippen LogP contribution in [0.15, 0.2) is 0 Å². The molecule has 98 valence electrons. The van der Waals surface area contributed by atoms with Crippen molar-refractivity contribution >= 4 is 5.97 Å². The first kappa shape index (κ1) is 12.9. The molecule has 0 aliphatic heterocycles. The van der Waals surface area contributed by atoms with Crippen molar-refractivity contribution in [1.82, 2.24) is 0 Å². The highest BCUT2D eigenvalue weighted by Gasteiger charge is 2.40. The Hall–Kier alpha value is -0.570. The Kier molecular flexibility index (Phi) is 3.48. The van der Waals surface area contributed by atoms with Crippen molar-refractivity contribution in [3.63, 3.8) is 0 Å². The van der Waals surface area contributed by atoms with Crippen LogP contribution in [-0.2, 0) is 9.53 Å². The van der Waals surface area contributed by atoms with Gasteiger partial charge in [-0.25, -0.2) is 0 Å². The van der Waals surface area contributed by atoms with Gasteiger partial charge in [0.25, 0.3) is 0 Å². The minimum absolute atomic E-state index is 0.108. The van der Waals surface area contributed by atoms with E-state index in [-0.39, 0.29) is 12.1 Å². The number of carbonyl (C=O) groups is 1. The van der Waals surface area contributed by atoms with Crippen LogP contribution < -0.4 is 5.73 Å². The molecule has 2 aliphatic carbocycles. The number of carbonyl (C=O) groups excluding carboxylic acids is 1. The van der Waals surface area contributed by atoms with Crippen LogP contribution in [0.1, 0.15) is 65.2 Å². The fraction of sp³-hybridized carbons (Fsp3) is 0.929. The Morgan fingerprint density at radius 3 is 2.18 bits per heavy atom. The molecule has 2 saturated carbocycles. The van der Waals surface area contributed by atoms with Crippen molar-refractivity contribution in [3.05, 3.63) is 0 Å². The van der Waals surface area contributed by atoms with Gasteiger partial charge in [-0.2, -0.15) is 0 Å². The molecule has 2 rings (SSSR count). The summed E-state index contributed by atoms with van der Waals surface area (Å²) in [5, 5.41) is 0. The molecule has 0 radical (unpaired) electrons. The third-order valence-corrected chi connectivity index (χ3v) is 4.46. The Balaban J connectivity index is 1.84. The maximum absolute atomic E-state index is 12.0. The zero-order valence-corrected chi connectivity index (χ0v) is 11.1. The lowest BCUT2D eigenvalue weighted by Gasteiger charge is -2.35. The van der Waals surface area contributed by atoms with E-state index in [1.165, 1.54) is 0 Å². The van der Waals surface area contributed by atoms with Crippen LogP contribution >= 0.6 is 0 Å². The van der Waals surface area contributed by atoms with E-state index < -0.39 is 5.54 Å². The fourth-order valence-corrected chi connectivity index (χ4v) is 2.97. The maximum Gasteiger partial charge on any atom is 0.326 e. The predicted molar refractivity (Wildman–Crippen MR) is 67.5 cm³/mol. The molecular formula is C14H25NO2. The van der Waals surface area contributed by atoms with Gasteiger partial charge in [-0.3, -0.25) is 4.79 Å². The molecule has 2 fully saturated rings. The van der Waals surface area contributed by atoms with Gasteiger partial charge in [0.2, 0.25) is 0 Å². The van der Waals surface area contributed by atoms with E-state index >= 15 is 0 Å². The molecule has 2 N–H and O–H groups in total. The highest BCUT2D eigenvalue weighted by molar-refractivity contribution is 5.81. The number of ether oxygens (including phenoxy) is 1. The molecule has 2 aliphatic rings. The molecule has 17 heavy (non-hydrogen) atoms. The van der Waals surface area contributed by atoms with Crippen LogP contribution in [0.3, 0.4) is 0 Å². The summed E-state index contributed by atoms with van der Waals surface area (Å²) in [5.74, 6) is -0.153. The van der Waals surface area contributed by atoms with Gasteiger partial charge in [0, 0.05) is 0 Å². The SMILES string of the molecule is CC1(C)CCC(OC(=O)C2(N)CCCC2)CC1. The van der Waals surface area contributed by atoms with E-state index in [0.717, 1.165) is 51.4 Å². The highest BCUT2D eigenvalue weighted by Crippen LogP contribution is 2.37. The van der Waals surface area contributed by atoms with Gasteiger partial charge in [0.1, 0.15) is 11.6 Å². The van der Waals surface area contributed by atoms with Crippen LogP contribution in [0.4, 0.5) is 0 Å². The van der Waals surface area contributed by atoms with E-state index in [1.54, 1.807) is 0 Å². The summed E-state index contributed by atoms with van der Waals surface area (Å²) < 4.78 is 5.61. The molecule has 0 amide bonds. The van der Waals surface area contributed by atoms with Crippen molar-refractivity contribution in [2.24, 2.45) is 11.1 Å². The summed E-state index contributed by atoms with van der Waals surface area (Å²) in [7, 11) is 0. The van der Waals surface area contributed by atoms with Crippen LogP contribution in [0.5, 0.6) is 0 Å². The number of hydrogen-bond acceptors (Lipinski definition) is 3. The fourth-order valence-electron chi connectivity index (χ4n) is 2.97. The first-order valence-electron chi connectivity index (χ1n) is 6.91. The van der Waals surface area contributed by atoms with E-state index in [0.29, 0.717) is 5.41 Å². The average molecular weight is 239 g/mol. The maximum atomic E-state index is 12.0. The summed E-state index contributed by atoms with van der Waals surface area (Å²) in [6.45, 7) is 4.57. The Morgan fingerprint density at radius 2 is 1.65 bits per heavy atom. The molecule has 0 heterocycles. The minimum Gasteiger partial charge on any atom is -0.461 e. The lowest BCUT2D eigenvalue weighted by Crippen LogP contribution is -2.48. The summed E-state index contributed by atoms with van der Waals surface area (Å²) in [6, 6.07) is 0. The topological polar surface area (TPSA) is 52.3 Å². The van der Waals surface area contributed by atoms with Gasteiger partial charge < -0.3 is 10.5 Å². The summed E-state index contributed by atoms with van der Waals surface area (Å²) in [5.41, 5.74) is 5.84. The standard InChI is InChI=1S/C14H25NO2/c1-13(2)9-5-11(6-10-13)17-12(16)14(15)7-3-4-8-14/h11H,3-10,15H2,1-2H3. The molecule has 0 spiro atoms. The number of esters is 1. The van der Waals surface area contributed by atoms with Crippen LogP contribution in [0.2, 0.25) is 0 Å². The first-order chi connectivity index (χ1) is 7.91. The molecule has 0 aromatic heterocycles. The third kappa shape index (κ3) is 3.01. The largest absolute Gasteiger partial charge is 0.461 e. The minimum atomic E-state index is -0.674. The first-order valence-corrected chi connectivity index (χ1v) is 6.91. The number of hydrogen-bond donors (Lipinski definition) is 1. The zero-order valence-electron chi connectivity index (χ0n) is 11.1. The number of nitrogens with two attached hydrogens (primary N) is 1. The Morgan fingerprint density at radius 1 is 1.12 bits per heavy atom. The van der Waals surface area contributed by atoms with Gasteiger partial charge in [0.15, 0.2) is 0 Å². The Labute approximate surface area is 104 Å². The lowest BCUT2D eigenvalue weighted by molar-refractivity contribution is -0.158. The molecule has 0 bridgehead atoms. The molecule has 3 nitrogen and oxygen atoms in total. The van der Waals surface area contributed by atoms with E-state index in [1.807, 2.05) is 0 Å². The molecule has 3 heteroatoms. The summed E-state index contributed by atoms with van der Waals surface area (Å²) in [4.78, 5) is 12.0. The van der Waals surface area contributed by atoms with Crippen LogP contribution in [0.25, 0.3) is 0 Å². The normalized spacial score (nSPS) is 27.9. The summed E-state index contributed by atoms with van der Waals surface area (Å²) >= 11 is 0. The lowest BCUT2D eigenvalue weighted by atomic mass is 9.76. The van der Waals surface area contributed by atoms with Crippen molar-refractivity contribution < 1.29 is 9.53 Å². The van der Waals surface area contributed by atoms with Crippen molar-refractivity contribution in [3.8, 4) is 0 Å². The second-order valence-electron chi connectivity index (χ2n) is 6.63. The van der Waals surface area contributed by atoms with Crippen molar-refractivity contribution in [2.45, 2.75) is 76.9 Å². The molecule has 0 aromatic carbocycles. The average Bonchev–Trinajstić information content (AvgIpc) is 2.70. The third-order valence-electron chi connectivity index (χ3n) is 4.46. The number of rotatable bonds is 2. The van der Waals surface area contributed by atoms with Gasteiger partial charge in [0.05, 0.1) is 0 Å². The quantitative estimate of drug-likeness (QED) is 0.754. The van der Waals surface area contributed by atoms with Gasteiger partial charge in [-0.1, -0.05) is 26.7 Å². The smallest absolute Gasteiger partial charge is 0.326 e.